The van der Waals surface area contributed by atoms with Crippen LogP contribution < -0.4 is 10.6 Å². The van der Waals surface area contributed by atoms with Gasteiger partial charge in [0.15, 0.2) is 5.82 Å². The fourth-order valence-corrected chi connectivity index (χ4v) is 4.25. The number of hydrogen-bond donors (Lipinski definition) is 1. The van der Waals surface area contributed by atoms with Crippen molar-refractivity contribution in [2.45, 2.75) is 50.4 Å². The van der Waals surface area contributed by atoms with Crippen LogP contribution >= 0.6 is 0 Å². The number of alkyl halides is 5. The molecule has 4 heterocycles. The lowest BCUT2D eigenvalue weighted by Gasteiger charge is -2.25. The molecule has 5 rings (SSSR count). The molecule has 0 radical (unpaired) electrons. The molecule has 1 aliphatic rings. The Labute approximate surface area is 233 Å². The Hall–Kier alpha value is -4.78. The Morgan fingerprint density at radius 2 is 1.93 bits per heavy atom. The summed E-state index contributed by atoms with van der Waals surface area (Å²) >= 11 is 0. The van der Waals surface area contributed by atoms with E-state index in [9.17, 15) is 23.2 Å². The van der Waals surface area contributed by atoms with Gasteiger partial charge in [0.2, 0.25) is 11.8 Å². The van der Waals surface area contributed by atoms with Crippen molar-refractivity contribution in [2.24, 2.45) is 5.73 Å². The van der Waals surface area contributed by atoms with Crippen molar-refractivity contribution in [1.29, 1.82) is 5.26 Å². The van der Waals surface area contributed by atoms with Gasteiger partial charge in [-0.15, -0.1) is 10.2 Å². The van der Waals surface area contributed by atoms with E-state index in [1.54, 1.807) is 0 Å². The number of amides is 1. The lowest BCUT2D eigenvalue weighted by Crippen LogP contribution is -2.43. The average molecular weight is 590 g/mol. The lowest BCUT2D eigenvalue weighted by atomic mass is 9.96. The van der Waals surface area contributed by atoms with E-state index in [1.807, 2.05) is 6.07 Å². The Bertz CT molecular complexity index is 1700. The van der Waals surface area contributed by atoms with Crippen LogP contribution in [-0.4, -0.2) is 36.9 Å². The minimum atomic E-state index is -4.60. The predicted octanol–water partition coefficient (Wildman–Crippen LogP) is 4.63. The van der Waals surface area contributed by atoms with Gasteiger partial charge in [0.25, 0.3) is 11.8 Å². The standard InChI is InChI=1S/C26H20F6N8O2/c1-24(2,12-33)23-38-37-21(42-23)15-5-19-16(6-17(15)27)25(28,29)7-18(34)22(41)39(19)10-13-3-4-20(35-8-13)40-11-14(9-36-40)26(30,31)32/h3-6,8-9,11,18H,7,10,34H2,1-2H3. The maximum atomic E-state index is 15.2. The van der Waals surface area contributed by atoms with E-state index in [0.717, 1.165) is 21.8 Å². The van der Waals surface area contributed by atoms with Crippen LogP contribution in [0, 0.1) is 17.1 Å². The number of anilines is 1. The molecule has 218 valence electrons. The van der Waals surface area contributed by atoms with Gasteiger partial charge in [-0.2, -0.15) is 23.5 Å². The molecule has 0 aliphatic carbocycles. The van der Waals surface area contributed by atoms with Crippen LogP contribution in [0.25, 0.3) is 17.3 Å². The highest BCUT2D eigenvalue weighted by atomic mass is 19.4. The fourth-order valence-electron chi connectivity index (χ4n) is 4.25. The molecule has 42 heavy (non-hydrogen) atoms. The summed E-state index contributed by atoms with van der Waals surface area (Å²) in [6, 6.07) is 4.58. The van der Waals surface area contributed by atoms with Crippen molar-refractivity contribution in [3.8, 4) is 23.3 Å². The summed E-state index contributed by atoms with van der Waals surface area (Å²) < 4.78 is 90.8. The first-order valence-corrected chi connectivity index (χ1v) is 12.2. The van der Waals surface area contributed by atoms with Gasteiger partial charge in [-0.25, -0.2) is 22.8 Å². The van der Waals surface area contributed by atoms with Crippen LogP contribution in [0.4, 0.5) is 32.0 Å². The summed E-state index contributed by atoms with van der Waals surface area (Å²) in [6.45, 7) is 2.62. The van der Waals surface area contributed by atoms with Crippen molar-refractivity contribution in [2.75, 3.05) is 4.90 Å². The molecule has 10 nitrogen and oxygen atoms in total. The summed E-state index contributed by atoms with van der Waals surface area (Å²) in [5.41, 5.74) is 2.33. The van der Waals surface area contributed by atoms with Crippen LogP contribution in [-0.2, 0) is 28.9 Å². The zero-order valence-corrected chi connectivity index (χ0v) is 21.8. The highest BCUT2D eigenvalue weighted by Gasteiger charge is 2.45. The molecule has 0 bridgehead atoms. The maximum Gasteiger partial charge on any atom is 0.419 e. The summed E-state index contributed by atoms with van der Waals surface area (Å²) in [5, 5.41) is 20.5. The van der Waals surface area contributed by atoms with E-state index >= 15 is 13.2 Å². The molecule has 16 heteroatoms. The maximum absolute atomic E-state index is 15.2. The number of halogens is 6. The third kappa shape index (κ3) is 5.18. The normalized spacial score (nSPS) is 17.1. The number of rotatable bonds is 5. The molecule has 1 aromatic carbocycles. The zero-order valence-electron chi connectivity index (χ0n) is 21.8. The number of nitrogens with zero attached hydrogens (tertiary/aromatic N) is 7. The molecule has 1 unspecified atom stereocenters. The SMILES string of the molecule is CC(C)(C#N)c1nnc(-c2cc3c(cc2F)C(F)(F)CC(N)C(=O)N3Cc2ccc(-n3cc(C(F)(F)F)cn3)nc2)o1. The molecule has 1 amide bonds. The largest absolute Gasteiger partial charge is 0.419 e. The fraction of sp³-hybridized carbons (Fsp3) is 0.308. The molecular formula is C26H20F6N8O2. The molecule has 0 fully saturated rings. The van der Waals surface area contributed by atoms with Crippen molar-refractivity contribution in [3.05, 3.63) is 71.3 Å². The molecule has 3 aromatic heterocycles. The minimum Gasteiger partial charge on any atom is -0.419 e. The van der Waals surface area contributed by atoms with E-state index in [1.165, 1.54) is 32.2 Å². The van der Waals surface area contributed by atoms with Crippen LogP contribution in [0.3, 0.4) is 0 Å². The van der Waals surface area contributed by atoms with E-state index in [-0.39, 0.29) is 23.9 Å². The van der Waals surface area contributed by atoms with Gasteiger partial charge < -0.3 is 15.1 Å². The summed E-state index contributed by atoms with van der Waals surface area (Å²) in [5.74, 6) is -6.24. The second-order valence-corrected chi connectivity index (χ2v) is 10.1. The van der Waals surface area contributed by atoms with Crippen molar-refractivity contribution >= 4 is 11.6 Å². The first-order chi connectivity index (χ1) is 19.6. The second-order valence-electron chi connectivity index (χ2n) is 10.1. The molecule has 2 N–H and O–H groups in total. The van der Waals surface area contributed by atoms with Gasteiger partial charge in [0, 0.05) is 24.4 Å². The number of nitrogens with two attached hydrogens (primary N) is 1. The molecule has 0 saturated carbocycles. The smallest absolute Gasteiger partial charge is 0.419 e. The van der Waals surface area contributed by atoms with Gasteiger partial charge in [-0.3, -0.25) is 4.79 Å². The third-order valence-electron chi connectivity index (χ3n) is 6.59. The van der Waals surface area contributed by atoms with Crippen molar-refractivity contribution in [1.82, 2.24) is 25.0 Å². The van der Waals surface area contributed by atoms with E-state index in [2.05, 4.69) is 20.3 Å². The molecule has 4 aromatic rings. The highest BCUT2D eigenvalue weighted by Crippen LogP contribution is 2.45. The Morgan fingerprint density at radius 3 is 2.55 bits per heavy atom. The van der Waals surface area contributed by atoms with Gasteiger partial charge in [-0.05, 0) is 37.6 Å². The molecule has 1 atom stereocenters. The van der Waals surface area contributed by atoms with E-state index in [0.29, 0.717) is 17.8 Å². The molecule has 0 spiro atoms. The number of hydrogen-bond acceptors (Lipinski definition) is 8. The lowest BCUT2D eigenvalue weighted by molar-refractivity contribution is -0.137. The number of pyridine rings is 1. The average Bonchev–Trinajstić information content (AvgIpc) is 3.61. The third-order valence-corrected chi connectivity index (χ3v) is 6.59. The number of carbonyl (C=O) groups is 1. The van der Waals surface area contributed by atoms with Crippen LogP contribution in [0.2, 0.25) is 0 Å². The molecular weight excluding hydrogens is 570 g/mol. The van der Waals surface area contributed by atoms with E-state index < -0.39 is 64.3 Å². The van der Waals surface area contributed by atoms with Gasteiger partial charge in [-0.1, -0.05) is 6.07 Å². The number of fused-ring (bicyclic) bond motifs is 1. The quantitative estimate of drug-likeness (QED) is 0.332. The first-order valence-electron chi connectivity index (χ1n) is 12.2. The number of aromatic nitrogens is 5. The Kier molecular flexibility index (Phi) is 6.80. The number of carbonyl (C=O) groups excluding carboxylic acids is 1. The van der Waals surface area contributed by atoms with Gasteiger partial charge in [0.1, 0.15) is 11.2 Å². The second kappa shape index (κ2) is 9.94. The van der Waals surface area contributed by atoms with Crippen LogP contribution in [0.5, 0.6) is 0 Å². The number of benzene rings is 1. The number of nitriles is 1. The van der Waals surface area contributed by atoms with E-state index in [4.69, 9.17) is 10.2 Å². The Morgan fingerprint density at radius 1 is 1.19 bits per heavy atom. The van der Waals surface area contributed by atoms with Crippen LogP contribution in [0.1, 0.15) is 42.8 Å². The minimum absolute atomic E-state index is 0.0249. The Balaban J connectivity index is 1.54. The van der Waals surface area contributed by atoms with Gasteiger partial charge in [0.05, 0.1) is 41.7 Å². The van der Waals surface area contributed by atoms with Gasteiger partial charge >= 0.3 is 6.18 Å². The monoisotopic (exact) mass is 590 g/mol. The predicted molar refractivity (Wildman–Crippen MR) is 132 cm³/mol. The summed E-state index contributed by atoms with van der Waals surface area (Å²) in [6.07, 6.45) is -3.09. The van der Waals surface area contributed by atoms with Crippen molar-refractivity contribution in [3.63, 3.8) is 0 Å². The summed E-state index contributed by atoms with van der Waals surface area (Å²) in [7, 11) is 0. The highest BCUT2D eigenvalue weighted by molar-refractivity contribution is 5.99. The topological polar surface area (TPSA) is 140 Å². The first kappa shape index (κ1) is 28.7. The van der Waals surface area contributed by atoms with Crippen molar-refractivity contribution < 1.29 is 35.6 Å². The van der Waals surface area contributed by atoms with Crippen LogP contribution in [0.15, 0.2) is 47.3 Å². The molecule has 1 aliphatic heterocycles. The summed E-state index contributed by atoms with van der Waals surface area (Å²) in [4.78, 5) is 18.2. The molecule has 0 saturated heterocycles. The zero-order chi connectivity index (χ0) is 30.6.